The first-order chi connectivity index (χ1) is 19.4. The molecule has 9 heteroatoms. The van der Waals surface area contributed by atoms with Gasteiger partial charge in [0.25, 0.3) is 11.8 Å². The summed E-state index contributed by atoms with van der Waals surface area (Å²) >= 11 is 3.56. The van der Waals surface area contributed by atoms with Crippen LogP contribution in [-0.4, -0.2) is 31.6 Å². The van der Waals surface area contributed by atoms with E-state index in [2.05, 4.69) is 33.4 Å². The SMILES string of the molecule is CCOc1cc(/C=C2\C(=O)NC(=O)N(c3ccc(OC)cc3)C2=O)cc(Br)c1OCc1cccc2ccccc12. The Labute approximate surface area is 239 Å². The van der Waals surface area contributed by atoms with Gasteiger partial charge in [-0.15, -0.1) is 0 Å². The van der Waals surface area contributed by atoms with Crippen LogP contribution in [0.15, 0.2) is 88.9 Å². The number of hydrogen-bond donors (Lipinski definition) is 1. The van der Waals surface area contributed by atoms with Crippen LogP contribution >= 0.6 is 15.9 Å². The number of imide groups is 2. The van der Waals surface area contributed by atoms with Crippen LogP contribution in [-0.2, 0) is 16.2 Å². The van der Waals surface area contributed by atoms with E-state index in [9.17, 15) is 14.4 Å². The number of barbiturate groups is 1. The summed E-state index contributed by atoms with van der Waals surface area (Å²) in [7, 11) is 1.52. The summed E-state index contributed by atoms with van der Waals surface area (Å²) in [6, 6.07) is 23.1. The topological polar surface area (TPSA) is 94.2 Å². The highest BCUT2D eigenvalue weighted by Crippen LogP contribution is 2.39. The molecule has 1 saturated heterocycles. The normalized spacial score (nSPS) is 14.4. The molecule has 1 aliphatic heterocycles. The number of rotatable bonds is 8. The van der Waals surface area contributed by atoms with Gasteiger partial charge in [-0.1, -0.05) is 42.5 Å². The summed E-state index contributed by atoms with van der Waals surface area (Å²) in [6.45, 7) is 2.53. The third-order valence-electron chi connectivity index (χ3n) is 6.33. The lowest BCUT2D eigenvalue weighted by molar-refractivity contribution is -0.122. The number of carbonyl (C=O) groups is 3. The molecule has 0 atom stereocenters. The number of amides is 4. The Morgan fingerprint density at radius 1 is 0.925 bits per heavy atom. The fraction of sp³-hybridized carbons (Fsp3) is 0.129. The van der Waals surface area contributed by atoms with Crippen LogP contribution in [0.1, 0.15) is 18.1 Å². The average Bonchev–Trinajstić information content (AvgIpc) is 2.95. The van der Waals surface area contributed by atoms with Crippen LogP contribution in [0, 0.1) is 0 Å². The van der Waals surface area contributed by atoms with Gasteiger partial charge in [0, 0.05) is 0 Å². The molecule has 4 amide bonds. The molecule has 40 heavy (non-hydrogen) atoms. The van der Waals surface area contributed by atoms with Crippen LogP contribution in [0.2, 0.25) is 0 Å². The second-order valence-electron chi connectivity index (χ2n) is 8.85. The first-order valence-electron chi connectivity index (χ1n) is 12.5. The predicted molar refractivity (Wildman–Crippen MR) is 156 cm³/mol. The molecular weight excluding hydrogens is 576 g/mol. The van der Waals surface area contributed by atoms with Gasteiger partial charge in [0.15, 0.2) is 11.5 Å². The van der Waals surface area contributed by atoms with Crippen molar-refractivity contribution in [2.24, 2.45) is 0 Å². The van der Waals surface area contributed by atoms with E-state index < -0.39 is 17.8 Å². The Hall–Kier alpha value is -4.63. The Morgan fingerprint density at radius 3 is 2.42 bits per heavy atom. The monoisotopic (exact) mass is 600 g/mol. The number of hydrogen-bond acceptors (Lipinski definition) is 6. The molecule has 1 aliphatic rings. The highest BCUT2D eigenvalue weighted by molar-refractivity contribution is 9.10. The summed E-state index contributed by atoms with van der Waals surface area (Å²) < 4.78 is 17.8. The smallest absolute Gasteiger partial charge is 0.335 e. The minimum absolute atomic E-state index is 0.200. The van der Waals surface area contributed by atoms with Gasteiger partial charge in [-0.3, -0.25) is 14.9 Å². The molecule has 1 N–H and O–H groups in total. The number of halogens is 1. The van der Waals surface area contributed by atoms with Crippen LogP contribution in [0.25, 0.3) is 16.8 Å². The highest BCUT2D eigenvalue weighted by atomic mass is 79.9. The first-order valence-corrected chi connectivity index (χ1v) is 13.3. The lowest BCUT2D eigenvalue weighted by Gasteiger charge is -2.26. The van der Waals surface area contributed by atoms with Gasteiger partial charge in [0.05, 0.1) is 23.9 Å². The minimum atomic E-state index is -0.828. The van der Waals surface area contributed by atoms with Crippen LogP contribution in [0.5, 0.6) is 17.2 Å². The molecule has 202 valence electrons. The van der Waals surface area contributed by atoms with Crippen molar-refractivity contribution in [3.05, 3.63) is 100 Å². The summed E-state index contributed by atoms with van der Waals surface area (Å²) in [5.74, 6) is -0.0342. The third kappa shape index (κ3) is 5.41. The van der Waals surface area contributed by atoms with Crippen molar-refractivity contribution in [1.29, 1.82) is 0 Å². The summed E-state index contributed by atoms with van der Waals surface area (Å²) in [5, 5.41) is 4.45. The van der Waals surface area contributed by atoms with E-state index in [1.165, 1.54) is 13.2 Å². The van der Waals surface area contributed by atoms with E-state index in [0.717, 1.165) is 21.2 Å². The van der Waals surface area contributed by atoms with Crippen molar-refractivity contribution < 1.29 is 28.6 Å². The fourth-order valence-corrected chi connectivity index (χ4v) is 5.01. The van der Waals surface area contributed by atoms with E-state index in [4.69, 9.17) is 14.2 Å². The molecule has 0 spiro atoms. The summed E-state index contributed by atoms with van der Waals surface area (Å²) in [4.78, 5) is 39.5. The fourth-order valence-electron chi connectivity index (χ4n) is 4.43. The van der Waals surface area contributed by atoms with Crippen molar-refractivity contribution in [1.82, 2.24) is 5.32 Å². The molecule has 4 aromatic rings. The lowest BCUT2D eigenvalue weighted by Crippen LogP contribution is -2.54. The van der Waals surface area contributed by atoms with Crippen LogP contribution < -0.4 is 24.4 Å². The number of benzene rings is 4. The molecule has 0 unspecified atom stereocenters. The molecular formula is C31H25BrN2O6. The van der Waals surface area contributed by atoms with E-state index in [1.54, 1.807) is 36.4 Å². The second-order valence-corrected chi connectivity index (χ2v) is 9.70. The van der Waals surface area contributed by atoms with Crippen molar-refractivity contribution in [3.8, 4) is 17.2 Å². The van der Waals surface area contributed by atoms with Crippen molar-refractivity contribution in [2.75, 3.05) is 18.6 Å². The molecule has 1 fully saturated rings. The molecule has 0 saturated carbocycles. The number of nitrogens with one attached hydrogen (secondary N) is 1. The molecule has 5 rings (SSSR count). The van der Waals surface area contributed by atoms with Gasteiger partial charge in [-0.2, -0.15) is 0 Å². The zero-order chi connectivity index (χ0) is 28.2. The maximum Gasteiger partial charge on any atom is 0.335 e. The molecule has 0 aliphatic carbocycles. The van der Waals surface area contributed by atoms with Crippen LogP contribution in [0.3, 0.4) is 0 Å². The zero-order valence-corrected chi connectivity index (χ0v) is 23.4. The Morgan fingerprint density at radius 2 is 1.68 bits per heavy atom. The Balaban J connectivity index is 1.45. The summed E-state index contributed by atoms with van der Waals surface area (Å²) in [6.07, 6.45) is 1.42. The maximum atomic E-state index is 13.3. The molecule has 0 radical (unpaired) electrons. The Bertz CT molecular complexity index is 1640. The molecule has 0 aromatic heterocycles. The van der Waals surface area contributed by atoms with Gasteiger partial charge in [0.2, 0.25) is 0 Å². The second kappa shape index (κ2) is 11.6. The number of carbonyl (C=O) groups excluding carboxylic acids is 3. The molecule has 1 heterocycles. The Kier molecular flexibility index (Phi) is 7.84. The molecule has 0 bridgehead atoms. The van der Waals surface area contributed by atoms with Gasteiger partial charge in [0.1, 0.15) is 17.9 Å². The van der Waals surface area contributed by atoms with E-state index >= 15 is 0 Å². The lowest BCUT2D eigenvalue weighted by atomic mass is 10.1. The van der Waals surface area contributed by atoms with E-state index in [0.29, 0.717) is 46.2 Å². The average molecular weight is 601 g/mol. The van der Waals surface area contributed by atoms with Gasteiger partial charge in [-0.25, -0.2) is 9.69 Å². The standard InChI is InChI=1S/C31H25BrN2O6/c1-3-39-27-17-19(16-26(32)28(27)40-18-21-9-6-8-20-7-4-5-10-24(20)21)15-25-29(35)33-31(37)34(30(25)36)22-11-13-23(38-2)14-12-22/h4-17H,3,18H2,1-2H3,(H,33,35,37)/b25-15+. The number of ether oxygens (including phenoxy) is 3. The van der Waals surface area contributed by atoms with Crippen molar-refractivity contribution in [2.45, 2.75) is 13.5 Å². The van der Waals surface area contributed by atoms with E-state index in [1.807, 2.05) is 37.3 Å². The predicted octanol–water partition coefficient (Wildman–Crippen LogP) is 6.26. The van der Waals surface area contributed by atoms with E-state index in [-0.39, 0.29) is 5.57 Å². The third-order valence-corrected chi connectivity index (χ3v) is 6.92. The van der Waals surface area contributed by atoms with Crippen molar-refractivity contribution in [3.63, 3.8) is 0 Å². The first kappa shape index (κ1) is 27.0. The van der Waals surface area contributed by atoms with Crippen LogP contribution in [0.4, 0.5) is 10.5 Å². The number of methoxy groups -OCH3 is 1. The van der Waals surface area contributed by atoms with Gasteiger partial charge >= 0.3 is 6.03 Å². The minimum Gasteiger partial charge on any atom is -0.497 e. The maximum absolute atomic E-state index is 13.3. The number of fused-ring (bicyclic) bond motifs is 1. The van der Waals surface area contributed by atoms with Crippen molar-refractivity contribution >= 4 is 56.3 Å². The quantitative estimate of drug-likeness (QED) is 0.190. The number of urea groups is 1. The summed E-state index contributed by atoms with van der Waals surface area (Å²) in [5.41, 5.74) is 1.63. The molecule has 8 nitrogen and oxygen atoms in total. The highest BCUT2D eigenvalue weighted by Gasteiger charge is 2.37. The largest absolute Gasteiger partial charge is 0.497 e. The zero-order valence-electron chi connectivity index (χ0n) is 21.8. The van der Waals surface area contributed by atoms with Gasteiger partial charge < -0.3 is 14.2 Å². The number of anilines is 1. The van der Waals surface area contributed by atoms with Gasteiger partial charge in [-0.05, 0) is 87.2 Å². The number of nitrogens with zero attached hydrogens (tertiary/aromatic N) is 1. The molecule has 4 aromatic carbocycles.